The van der Waals surface area contributed by atoms with Gasteiger partial charge in [-0.3, -0.25) is 4.79 Å². The van der Waals surface area contributed by atoms with Crippen LogP contribution in [0.3, 0.4) is 0 Å². The van der Waals surface area contributed by atoms with E-state index in [0.29, 0.717) is 17.7 Å². The molecule has 2 aromatic carbocycles. The average molecular weight is 352 g/mol. The van der Waals surface area contributed by atoms with Crippen LogP contribution < -0.4 is 5.43 Å². The molecular formula is C19H20N4O3. The first-order valence-corrected chi connectivity index (χ1v) is 8.42. The van der Waals surface area contributed by atoms with Crippen LogP contribution in [-0.4, -0.2) is 21.8 Å². The third kappa shape index (κ3) is 4.05. The molecular weight excluding hydrogens is 332 g/mol. The lowest BCUT2D eigenvalue weighted by Gasteiger charge is -2.21. The number of hydrogen-bond donors (Lipinski definition) is 3. The number of carbonyl (C=O) groups excluding carboxylic acids is 1. The Morgan fingerprint density at radius 1 is 1.19 bits per heavy atom. The number of amides is 1. The summed E-state index contributed by atoms with van der Waals surface area (Å²) < 4.78 is 0. The molecule has 0 aromatic heterocycles. The summed E-state index contributed by atoms with van der Waals surface area (Å²) in [6.45, 7) is 2.25. The van der Waals surface area contributed by atoms with Crippen LogP contribution in [0.15, 0.2) is 57.8 Å². The van der Waals surface area contributed by atoms with Crippen molar-refractivity contribution in [2.45, 2.75) is 26.3 Å². The number of azo groups is 1. The third-order valence-corrected chi connectivity index (χ3v) is 4.27. The van der Waals surface area contributed by atoms with E-state index in [1.165, 1.54) is 12.1 Å². The van der Waals surface area contributed by atoms with Crippen molar-refractivity contribution in [3.8, 4) is 11.5 Å². The number of phenolic OH excluding ortho intramolecular Hbond substituents is 2. The molecule has 0 saturated carbocycles. The van der Waals surface area contributed by atoms with Crippen molar-refractivity contribution in [1.29, 1.82) is 0 Å². The fourth-order valence-electron chi connectivity index (χ4n) is 2.80. The fraction of sp³-hybridized carbons (Fsp3) is 0.263. The van der Waals surface area contributed by atoms with Gasteiger partial charge in [-0.25, -0.2) is 5.43 Å². The zero-order valence-electron chi connectivity index (χ0n) is 14.4. The molecule has 0 saturated heterocycles. The van der Waals surface area contributed by atoms with Crippen molar-refractivity contribution in [3.05, 3.63) is 53.6 Å². The van der Waals surface area contributed by atoms with Gasteiger partial charge < -0.3 is 10.2 Å². The van der Waals surface area contributed by atoms with E-state index in [-0.39, 0.29) is 29.9 Å². The molecule has 26 heavy (non-hydrogen) atoms. The summed E-state index contributed by atoms with van der Waals surface area (Å²) in [5, 5.41) is 31.4. The number of hydrogen-bond acceptors (Lipinski definition) is 6. The van der Waals surface area contributed by atoms with Crippen molar-refractivity contribution in [1.82, 2.24) is 5.43 Å². The van der Waals surface area contributed by atoms with Crippen LogP contribution in [0.25, 0.3) is 0 Å². The molecule has 0 fully saturated rings. The van der Waals surface area contributed by atoms with Crippen LogP contribution >= 0.6 is 0 Å². The number of nitrogens with zero attached hydrogens (tertiary/aromatic N) is 3. The van der Waals surface area contributed by atoms with Gasteiger partial charge in [0.05, 0.1) is 17.9 Å². The first-order valence-electron chi connectivity index (χ1n) is 8.42. The van der Waals surface area contributed by atoms with E-state index in [9.17, 15) is 15.0 Å². The van der Waals surface area contributed by atoms with Crippen molar-refractivity contribution < 1.29 is 15.0 Å². The van der Waals surface area contributed by atoms with Gasteiger partial charge in [-0.05, 0) is 36.2 Å². The standard InChI is InChI=1S/C19H20N4O3/c1-2-12-9-18(26)22-23-19(12)13-3-6-15(7-4-13)21-20-11-14-5-8-16(24)10-17(14)25/h3-8,10,12,24-25H,2,9,11H2,1H3,(H,22,26). The molecule has 1 aliphatic heterocycles. The smallest absolute Gasteiger partial charge is 0.240 e. The Labute approximate surface area is 151 Å². The topological polar surface area (TPSA) is 107 Å². The van der Waals surface area contributed by atoms with E-state index in [1.807, 2.05) is 31.2 Å². The van der Waals surface area contributed by atoms with Crippen molar-refractivity contribution in [3.63, 3.8) is 0 Å². The molecule has 1 unspecified atom stereocenters. The van der Waals surface area contributed by atoms with Crippen LogP contribution in [0.1, 0.15) is 30.9 Å². The van der Waals surface area contributed by atoms with Gasteiger partial charge in [0.2, 0.25) is 5.91 Å². The van der Waals surface area contributed by atoms with Gasteiger partial charge in [-0.15, -0.1) is 0 Å². The van der Waals surface area contributed by atoms with E-state index >= 15 is 0 Å². The fourth-order valence-corrected chi connectivity index (χ4v) is 2.80. The van der Waals surface area contributed by atoms with Gasteiger partial charge in [-0.2, -0.15) is 15.3 Å². The number of carbonyl (C=O) groups is 1. The molecule has 0 radical (unpaired) electrons. The second-order valence-corrected chi connectivity index (χ2v) is 6.10. The maximum Gasteiger partial charge on any atom is 0.240 e. The third-order valence-electron chi connectivity index (χ3n) is 4.27. The molecule has 3 rings (SSSR count). The summed E-state index contributed by atoms with van der Waals surface area (Å²) in [6.07, 6.45) is 1.30. The van der Waals surface area contributed by atoms with Gasteiger partial charge in [0.1, 0.15) is 11.5 Å². The predicted molar refractivity (Wildman–Crippen MR) is 97.5 cm³/mol. The van der Waals surface area contributed by atoms with Crippen LogP contribution in [0.2, 0.25) is 0 Å². The molecule has 0 aliphatic carbocycles. The highest BCUT2D eigenvalue weighted by atomic mass is 16.3. The van der Waals surface area contributed by atoms with Gasteiger partial charge in [-0.1, -0.05) is 19.1 Å². The molecule has 0 spiro atoms. The number of phenols is 2. The summed E-state index contributed by atoms with van der Waals surface area (Å²) in [5.74, 6) is 0.0606. The highest BCUT2D eigenvalue weighted by Crippen LogP contribution is 2.25. The molecule has 134 valence electrons. The maximum atomic E-state index is 11.5. The molecule has 1 amide bonds. The van der Waals surface area contributed by atoms with E-state index in [0.717, 1.165) is 17.7 Å². The summed E-state index contributed by atoms with van der Waals surface area (Å²) in [4.78, 5) is 11.5. The minimum atomic E-state index is -0.0523. The first kappa shape index (κ1) is 17.6. The van der Waals surface area contributed by atoms with Crippen LogP contribution in [0.4, 0.5) is 5.69 Å². The zero-order valence-corrected chi connectivity index (χ0v) is 14.4. The monoisotopic (exact) mass is 352 g/mol. The van der Waals surface area contributed by atoms with Gasteiger partial charge >= 0.3 is 0 Å². The molecule has 7 heteroatoms. The molecule has 2 aromatic rings. The summed E-state index contributed by atoms with van der Waals surface area (Å²) in [6, 6.07) is 11.9. The first-order chi connectivity index (χ1) is 12.6. The Hall–Kier alpha value is -3.22. The van der Waals surface area contributed by atoms with Crippen molar-refractivity contribution in [2.24, 2.45) is 21.2 Å². The SMILES string of the molecule is CCC1CC(=O)NN=C1c1ccc(N=NCc2ccc(O)cc2O)cc1. The molecule has 1 aliphatic rings. The lowest BCUT2D eigenvalue weighted by molar-refractivity contribution is -0.122. The summed E-state index contributed by atoms with van der Waals surface area (Å²) in [7, 11) is 0. The minimum absolute atomic E-state index is 0.00553. The Bertz CT molecular complexity index is 860. The lowest BCUT2D eigenvalue weighted by Crippen LogP contribution is -2.33. The van der Waals surface area contributed by atoms with Crippen LogP contribution in [0.5, 0.6) is 11.5 Å². The minimum Gasteiger partial charge on any atom is -0.508 e. The van der Waals surface area contributed by atoms with E-state index < -0.39 is 0 Å². The number of rotatable bonds is 5. The Morgan fingerprint density at radius 2 is 1.96 bits per heavy atom. The number of hydrazone groups is 1. The number of nitrogens with one attached hydrogen (secondary N) is 1. The molecule has 0 bridgehead atoms. The Kier molecular flexibility index (Phi) is 5.26. The van der Waals surface area contributed by atoms with Gasteiger partial charge in [0.15, 0.2) is 0 Å². The summed E-state index contributed by atoms with van der Waals surface area (Å²) >= 11 is 0. The summed E-state index contributed by atoms with van der Waals surface area (Å²) in [5.41, 5.74) is 5.63. The van der Waals surface area contributed by atoms with Crippen molar-refractivity contribution >= 4 is 17.3 Å². The largest absolute Gasteiger partial charge is 0.508 e. The van der Waals surface area contributed by atoms with Crippen molar-refractivity contribution in [2.75, 3.05) is 0 Å². The molecule has 1 heterocycles. The highest BCUT2D eigenvalue weighted by Gasteiger charge is 2.23. The normalized spacial score (nSPS) is 17.2. The van der Waals surface area contributed by atoms with E-state index in [4.69, 9.17) is 0 Å². The van der Waals surface area contributed by atoms with Gasteiger partial charge in [0.25, 0.3) is 0 Å². The molecule has 1 atom stereocenters. The van der Waals surface area contributed by atoms with Crippen LogP contribution in [0, 0.1) is 5.92 Å². The van der Waals surface area contributed by atoms with E-state index in [1.54, 1.807) is 6.07 Å². The van der Waals surface area contributed by atoms with Crippen LogP contribution in [-0.2, 0) is 11.3 Å². The Balaban J connectivity index is 1.68. The highest BCUT2D eigenvalue weighted by molar-refractivity contribution is 6.06. The number of aromatic hydroxyl groups is 2. The Morgan fingerprint density at radius 3 is 2.65 bits per heavy atom. The maximum absolute atomic E-state index is 11.5. The lowest BCUT2D eigenvalue weighted by atomic mass is 9.90. The quantitative estimate of drug-likeness (QED) is 0.715. The molecule has 3 N–H and O–H groups in total. The second-order valence-electron chi connectivity index (χ2n) is 6.10. The predicted octanol–water partition coefficient (Wildman–Crippen LogP) is 3.63. The van der Waals surface area contributed by atoms with Gasteiger partial charge in [0, 0.05) is 24.0 Å². The second kappa shape index (κ2) is 7.77. The average Bonchev–Trinajstić information content (AvgIpc) is 2.64. The zero-order chi connectivity index (χ0) is 18.5. The van der Waals surface area contributed by atoms with E-state index in [2.05, 4.69) is 20.8 Å². The molecule has 7 nitrogen and oxygen atoms in total. The number of benzene rings is 2.